The molecular weight excluding hydrogens is 616 g/mol. The van der Waals surface area contributed by atoms with Crippen LogP contribution in [0.5, 0.6) is 0 Å². The van der Waals surface area contributed by atoms with E-state index < -0.39 is 57.4 Å². The van der Waals surface area contributed by atoms with Crippen molar-refractivity contribution >= 4 is 46.7 Å². The van der Waals surface area contributed by atoms with Crippen molar-refractivity contribution in [3.8, 4) is 0 Å². The molecule has 0 amide bonds. The predicted octanol–water partition coefficient (Wildman–Crippen LogP) is 4.52. The fourth-order valence-corrected chi connectivity index (χ4v) is 6.05. The van der Waals surface area contributed by atoms with Gasteiger partial charge in [0.25, 0.3) is 11.4 Å². The van der Waals surface area contributed by atoms with E-state index >= 15 is 0 Å². The number of carbonyl (C=O) groups is 4. The molecular formula is C32H30N4O11. The Bertz CT molecular complexity index is 1710. The third-order valence-corrected chi connectivity index (χ3v) is 8.07. The molecule has 0 radical (unpaired) electrons. The lowest BCUT2D eigenvalue weighted by Crippen LogP contribution is -2.38. The number of allylic oxidation sites excluding steroid dienone is 2. The van der Waals surface area contributed by atoms with Crippen molar-refractivity contribution in [3.05, 3.63) is 102 Å². The number of carbonyl (C=O) groups excluding carboxylic acids is 4. The summed E-state index contributed by atoms with van der Waals surface area (Å²) in [6.07, 6.45) is 0. The van der Waals surface area contributed by atoms with E-state index in [-0.39, 0.29) is 56.5 Å². The molecule has 0 spiro atoms. The van der Waals surface area contributed by atoms with Crippen molar-refractivity contribution in [2.45, 2.75) is 39.5 Å². The summed E-state index contributed by atoms with van der Waals surface area (Å²) in [5.41, 5.74) is -0.00446. The van der Waals surface area contributed by atoms with Crippen LogP contribution in [0.4, 0.5) is 11.4 Å². The lowest BCUT2D eigenvalue weighted by molar-refractivity contribution is -0.385. The Morgan fingerprint density at radius 3 is 1.34 bits per heavy atom. The highest BCUT2D eigenvalue weighted by atomic mass is 16.6. The van der Waals surface area contributed by atoms with Gasteiger partial charge in [-0.25, -0.2) is 9.59 Å². The smallest absolute Gasteiger partial charge is 0.344 e. The maximum absolute atomic E-state index is 14.0. The van der Waals surface area contributed by atoms with Gasteiger partial charge in [-0.15, -0.1) is 0 Å². The van der Waals surface area contributed by atoms with Gasteiger partial charge in [-0.3, -0.25) is 39.8 Å². The average molecular weight is 647 g/mol. The molecule has 4 atom stereocenters. The number of nitrogens with zero attached hydrogens (tertiary/aromatic N) is 4. The fraction of sp³-hybridized carbons (Fsp3) is 0.312. The van der Waals surface area contributed by atoms with Crippen LogP contribution in [-0.2, 0) is 33.4 Å². The molecule has 15 nitrogen and oxygen atoms in total. The van der Waals surface area contributed by atoms with E-state index in [9.17, 15) is 39.4 Å². The molecule has 0 saturated heterocycles. The molecule has 0 N–H and O–H groups in total. The molecule has 2 heterocycles. The second-order valence-electron chi connectivity index (χ2n) is 10.8. The number of aliphatic imine (C=N–C) groups is 2. The Balaban J connectivity index is 1.84. The molecule has 4 unspecified atom stereocenters. The van der Waals surface area contributed by atoms with Crippen LogP contribution >= 0.6 is 0 Å². The van der Waals surface area contributed by atoms with Gasteiger partial charge in [0.2, 0.25) is 0 Å². The molecule has 0 aliphatic carbocycles. The van der Waals surface area contributed by atoms with Crippen molar-refractivity contribution in [1.29, 1.82) is 0 Å². The lowest BCUT2D eigenvalue weighted by atomic mass is 9.75. The first-order chi connectivity index (χ1) is 22.2. The molecule has 244 valence electrons. The molecule has 0 fully saturated rings. The Hall–Kier alpha value is -5.86. The molecule has 15 heteroatoms. The summed E-state index contributed by atoms with van der Waals surface area (Å²) >= 11 is 0. The SMILES string of the molecule is COC(=O)C1C(C)=NC(C)=C(C(=O)OC(=O)C2=C(C)N=C(C)C(C(=O)OC)C2c2cccc([N+](=O)[O-])c2)C1c1cccc([N+](=O)[O-])c1. The van der Waals surface area contributed by atoms with Crippen molar-refractivity contribution in [2.75, 3.05) is 14.2 Å². The van der Waals surface area contributed by atoms with Gasteiger partial charge in [0.1, 0.15) is 11.8 Å². The summed E-state index contributed by atoms with van der Waals surface area (Å²) in [7, 11) is 2.28. The van der Waals surface area contributed by atoms with Crippen LogP contribution < -0.4 is 0 Å². The monoisotopic (exact) mass is 646 g/mol. The van der Waals surface area contributed by atoms with Gasteiger partial charge in [-0.05, 0) is 38.8 Å². The first-order valence-electron chi connectivity index (χ1n) is 14.1. The minimum atomic E-state index is -1.21. The van der Waals surface area contributed by atoms with Gasteiger partial charge < -0.3 is 14.2 Å². The van der Waals surface area contributed by atoms with E-state index in [1.807, 2.05) is 0 Å². The van der Waals surface area contributed by atoms with Crippen LogP contribution in [0.3, 0.4) is 0 Å². The molecule has 47 heavy (non-hydrogen) atoms. The molecule has 0 bridgehead atoms. The van der Waals surface area contributed by atoms with E-state index in [1.54, 1.807) is 0 Å². The van der Waals surface area contributed by atoms with Gasteiger partial charge in [-0.1, -0.05) is 24.3 Å². The molecule has 4 rings (SSSR count). The second kappa shape index (κ2) is 13.6. The predicted molar refractivity (Wildman–Crippen MR) is 165 cm³/mol. The first kappa shape index (κ1) is 34.0. The zero-order valence-electron chi connectivity index (χ0n) is 26.2. The number of methoxy groups -OCH3 is 2. The molecule has 2 aliphatic rings. The first-order valence-corrected chi connectivity index (χ1v) is 14.1. The number of esters is 4. The number of ether oxygens (including phenoxy) is 3. The van der Waals surface area contributed by atoms with E-state index in [0.717, 1.165) is 14.2 Å². The number of nitro benzene ring substituents is 2. The van der Waals surface area contributed by atoms with Crippen LogP contribution in [-0.4, -0.2) is 59.4 Å². The number of hydrogen-bond acceptors (Lipinski definition) is 13. The van der Waals surface area contributed by atoms with Gasteiger partial charge >= 0.3 is 23.9 Å². The Morgan fingerprint density at radius 2 is 1.02 bits per heavy atom. The minimum Gasteiger partial charge on any atom is -0.468 e. The Kier molecular flexibility index (Phi) is 9.87. The van der Waals surface area contributed by atoms with E-state index in [4.69, 9.17) is 14.2 Å². The van der Waals surface area contributed by atoms with Crippen LogP contribution in [0.1, 0.15) is 50.7 Å². The highest BCUT2D eigenvalue weighted by Gasteiger charge is 2.46. The maximum Gasteiger partial charge on any atom is 0.344 e. The number of non-ortho nitro benzene ring substituents is 2. The molecule has 2 aliphatic heterocycles. The third-order valence-electron chi connectivity index (χ3n) is 8.07. The average Bonchev–Trinajstić information content (AvgIpc) is 3.03. The number of benzene rings is 2. The lowest BCUT2D eigenvalue weighted by Gasteiger charge is -2.32. The molecule has 2 aromatic rings. The maximum atomic E-state index is 14.0. The zero-order chi connectivity index (χ0) is 34.7. The van der Waals surface area contributed by atoms with Crippen LogP contribution in [0.25, 0.3) is 0 Å². The van der Waals surface area contributed by atoms with Gasteiger partial charge in [-0.2, -0.15) is 0 Å². The summed E-state index contributed by atoms with van der Waals surface area (Å²) in [6.45, 7) is 5.99. The zero-order valence-corrected chi connectivity index (χ0v) is 26.2. The Labute approximate surface area is 267 Å². The fourth-order valence-electron chi connectivity index (χ4n) is 6.05. The summed E-state index contributed by atoms with van der Waals surface area (Å²) < 4.78 is 15.4. The van der Waals surface area contributed by atoms with E-state index in [0.29, 0.717) is 0 Å². The minimum absolute atomic E-state index is 0.0860. The van der Waals surface area contributed by atoms with Gasteiger partial charge in [0.15, 0.2) is 0 Å². The second-order valence-corrected chi connectivity index (χ2v) is 10.8. The quantitative estimate of drug-likeness (QED) is 0.128. The van der Waals surface area contributed by atoms with Gasteiger partial charge in [0.05, 0.1) is 35.2 Å². The van der Waals surface area contributed by atoms with Crippen molar-refractivity contribution < 1.29 is 43.2 Å². The highest BCUT2D eigenvalue weighted by Crippen LogP contribution is 2.43. The summed E-state index contributed by atoms with van der Waals surface area (Å²) in [6, 6.07) is 10.6. The van der Waals surface area contributed by atoms with E-state index in [2.05, 4.69) is 9.98 Å². The normalized spacial score (nSPS) is 20.9. The van der Waals surface area contributed by atoms with Crippen molar-refractivity contribution in [1.82, 2.24) is 0 Å². The topological polar surface area (TPSA) is 207 Å². The molecule has 0 aromatic heterocycles. The van der Waals surface area contributed by atoms with Crippen LogP contribution in [0, 0.1) is 32.1 Å². The van der Waals surface area contributed by atoms with Crippen molar-refractivity contribution in [3.63, 3.8) is 0 Å². The molecule has 2 aromatic carbocycles. The third kappa shape index (κ3) is 6.59. The summed E-state index contributed by atoms with van der Waals surface area (Å²) in [5, 5.41) is 23.2. The van der Waals surface area contributed by atoms with Crippen LogP contribution in [0.15, 0.2) is 81.1 Å². The van der Waals surface area contributed by atoms with Gasteiger partial charge in [0, 0.05) is 58.9 Å². The number of hydrogen-bond donors (Lipinski definition) is 0. The summed E-state index contributed by atoms with van der Waals surface area (Å²) in [4.78, 5) is 84.5. The summed E-state index contributed by atoms with van der Waals surface area (Å²) in [5.74, 6) is -8.79. The van der Waals surface area contributed by atoms with Crippen molar-refractivity contribution in [2.24, 2.45) is 21.8 Å². The highest BCUT2D eigenvalue weighted by molar-refractivity contribution is 6.11. The number of nitro groups is 2. The largest absolute Gasteiger partial charge is 0.468 e. The number of rotatable bonds is 8. The Morgan fingerprint density at radius 1 is 0.660 bits per heavy atom. The van der Waals surface area contributed by atoms with E-state index in [1.165, 1.54) is 76.2 Å². The van der Waals surface area contributed by atoms with Crippen LogP contribution in [0.2, 0.25) is 0 Å². The standard InChI is InChI=1S/C32H30N4O11/c1-15-23(29(37)45-5)27(19-9-7-11-21(13-19)35(41)42)25(17(3)33-15)31(39)47-32(40)26-18(4)34-16(2)24(30(38)46-6)28(26)20-10-8-12-22(14-20)36(43)44/h7-14,23-24,27-28H,1-6H3. The molecule has 0 saturated carbocycles.